The zero-order chi connectivity index (χ0) is 12.1. The molecule has 0 bridgehead atoms. The van der Waals surface area contributed by atoms with Gasteiger partial charge < -0.3 is 15.6 Å². The van der Waals surface area contributed by atoms with Crippen molar-refractivity contribution in [2.24, 2.45) is 0 Å². The lowest BCUT2D eigenvalue weighted by Gasteiger charge is -2.03. The fourth-order valence-electron chi connectivity index (χ4n) is 1.22. The van der Waals surface area contributed by atoms with Crippen LogP contribution in [-0.2, 0) is 6.54 Å². The minimum atomic E-state index is -0.281. The number of rotatable bonds is 4. The molecule has 3 N–H and O–H groups in total. The molecule has 0 spiro atoms. The third-order valence-corrected chi connectivity index (χ3v) is 2.11. The van der Waals surface area contributed by atoms with Crippen molar-refractivity contribution >= 4 is 11.7 Å². The number of carbonyl (C=O) groups is 1. The zero-order valence-electron chi connectivity index (χ0n) is 9.27. The Morgan fingerprint density at radius 2 is 2.24 bits per heavy atom. The molecule has 0 saturated heterocycles. The Labute approximate surface area is 97.7 Å². The second kappa shape index (κ2) is 5.06. The van der Waals surface area contributed by atoms with Gasteiger partial charge in [0.05, 0.1) is 18.9 Å². The maximum atomic E-state index is 11.7. The zero-order valence-corrected chi connectivity index (χ0v) is 9.27. The molecular formula is C10H12N6O. The van der Waals surface area contributed by atoms with Crippen LogP contribution >= 0.6 is 0 Å². The summed E-state index contributed by atoms with van der Waals surface area (Å²) in [6, 6.07) is 0. The molecule has 17 heavy (non-hydrogen) atoms. The lowest BCUT2D eigenvalue weighted by atomic mass is 10.4. The first-order valence-electron chi connectivity index (χ1n) is 5.06. The molecule has 7 nitrogen and oxygen atoms in total. The third-order valence-electron chi connectivity index (χ3n) is 2.11. The number of imidazole rings is 1. The molecule has 0 aliphatic carbocycles. The molecule has 0 aliphatic rings. The molecule has 0 unspecified atom stereocenters. The summed E-state index contributed by atoms with van der Waals surface area (Å²) in [6.07, 6.45) is 6.25. The Hall–Kier alpha value is -2.44. The van der Waals surface area contributed by atoms with E-state index < -0.39 is 0 Å². The standard InChI is InChI=1S/C10H12N6O/c1-11-8-5-14-7(4-15-8)10(17)16-6-9-12-2-3-13-9/h2-5H,6H2,1H3,(H,11,15)(H,12,13)(H,16,17). The highest BCUT2D eigenvalue weighted by atomic mass is 16.1. The molecule has 2 rings (SSSR count). The smallest absolute Gasteiger partial charge is 0.271 e. The van der Waals surface area contributed by atoms with Crippen molar-refractivity contribution in [1.29, 1.82) is 0 Å². The number of H-pyrrole nitrogens is 1. The molecule has 88 valence electrons. The van der Waals surface area contributed by atoms with Gasteiger partial charge in [0.1, 0.15) is 17.3 Å². The average molecular weight is 232 g/mol. The second-order valence-corrected chi connectivity index (χ2v) is 3.26. The van der Waals surface area contributed by atoms with Crippen molar-refractivity contribution in [3.05, 3.63) is 36.3 Å². The second-order valence-electron chi connectivity index (χ2n) is 3.26. The first-order valence-corrected chi connectivity index (χ1v) is 5.06. The van der Waals surface area contributed by atoms with Crippen molar-refractivity contribution in [3.8, 4) is 0 Å². The van der Waals surface area contributed by atoms with Gasteiger partial charge in [-0.25, -0.2) is 15.0 Å². The van der Waals surface area contributed by atoms with Crippen LogP contribution in [-0.4, -0.2) is 32.9 Å². The highest BCUT2D eigenvalue weighted by Crippen LogP contribution is 1.99. The first kappa shape index (κ1) is 11.1. The molecule has 1 amide bonds. The molecule has 0 saturated carbocycles. The van der Waals surface area contributed by atoms with Gasteiger partial charge in [-0.05, 0) is 0 Å². The fraction of sp³-hybridized carbons (Fsp3) is 0.200. The van der Waals surface area contributed by atoms with Gasteiger partial charge in [-0.2, -0.15) is 0 Å². The monoisotopic (exact) mass is 232 g/mol. The molecule has 0 aliphatic heterocycles. The molecule has 0 aromatic carbocycles. The van der Waals surface area contributed by atoms with Crippen LogP contribution < -0.4 is 10.6 Å². The number of hydrogen-bond donors (Lipinski definition) is 3. The van der Waals surface area contributed by atoms with Crippen LogP contribution in [0.2, 0.25) is 0 Å². The number of aromatic amines is 1. The van der Waals surface area contributed by atoms with Gasteiger partial charge in [-0.15, -0.1) is 0 Å². The summed E-state index contributed by atoms with van der Waals surface area (Å²) in [6.45, 7) is 0.335. The highest BCUT2D eigenvalue weighted by Gasteiger charge is 2.07. The Morgan fingerprint density at radius 1 is 1.35 bits per heavy atom. The molecule has 2 aromatic heterocycles. The molecule has 0 fully saturated rings. The third kappa shape index (κ3) is 2.77. The molecule has 2 aromatic rings. The van der Waals surface area contributed by atoms with E-state index in [-0.39, 0.29) is 11.6 Å². The lowest BCUT2D eigenvalue weighted by molar-refractivity contribution is 0.0944. The number of hydrogen-bond acceptors (Lipinski definition) is 5. The highest BCUT2D eigenvalue weighted by molar-refractivity contribution is 5.91. The van der Waals surface area contributed by atoms with E-state index in [0.717, 1.165) is 0 Å². The van der Waals surface area contributed by atoms with Crippen LogP contribution in [0.3, 0.4) is 0 Å². The van der Waals surface area contributed by atoms with E-state index in [1.165, 1.54) is 12.4 Å². The predicted molar refractivity (Wildman–Crippen MR) is 61.3 cm³/mol. The van der Waals surface area contributed by atoms with Crippen molar-refractivity contribution in [3.63, 3.8) is 0 Å². The summed E-state index contributed by atoms with van der Waals surface area (Å²) < 4.78 is 0. The molecule has 7 heteroatoms. The van der Waals surface area contributed by atoms with Gasteiger partial charge in [-0.3, -0.25) is 4.79 Å². The number of amides is 1. The summed E-state index contributed by atoms with van der Waals surface area (Å²) in [5, 5.41) is 5.51. The minimum Gasteiger partial charge on any atom is -0.372 e. The predicted octanol–water partition coefficient (Wildman–Crippen LogP) is 0.171. The topological polar surface area (TPSA) is 95.6 Å². The van der Waals surface area contributed by atoms with Gasteiger partial charge in [0.2, 0.25) is 0 Å². The van der Waals surface area contributed by atoms with Crippen LogP contribution in [0.15, 0.2) is 24.8 Å². The Bertz CT molecular complexity index is 478. The van der Waals surface area contributed by atoms with Gasteiger partial charge in [-0.1, -0.05) is 0 Å². The fourth-order valence-corrected chi connectivity index (χ4v) is 1.22. The maximum Gasteiger partial charge on any atom is 0.271 e. The first-order chi connectivity index (χ1) is 8.29. The lowest BCUT2D eigenvalue weighted by Crippen LogP contribution is -2.24. The van der Waals surface area contributed by atoms with Gasteiger partial charge in [0.25, 0.3) is 5.91 Å². The molecule has 2 heterocycles. The van der Waals surface area contributed by atoms with Crippen LogP contribution in [0, 0.1) is 0 Å². The summed E-state index contributed by atoms with van der Waals surface area (Å²) in [7, 11) is 1.74. The van der Waals surface area contributed by atoms with E-state index in [1.54, 1.807) is 19.4 Å². The van der Waals surface area contributed by atoms with Crippen LogP contribution in [0.5, 0.6) is 0 Å². The molecular weight excluding hydrogens is 220 g/mol. The summed E-state index contributed by atoms with van der Waals surface area (Å²) in [5.41, 5.74) is 0.274. The van der Waals surface area contributed by atoms with E-state index in [2.05, 4.69) is 30.6 Å². The number of nitrogens with zero attached hydrogens (tertiary/aromatic N) is 3. The van der Waals surface area contributed by atoms with Crippen LogP contribution in [0.1, 0.15) is 16.3 Å². The molecule has 0 atom stereocenters. The summed E-state index contributed by atoms with van der Waals surface area (Å²) in [5.74, 6) is 1.03. The van der Waals surface area contributed by atoms with E-state index in [0.29, 0.717) is 18.2 Å². The van der Waals surface area contributed by atoms with Gasteiger partial charge in [0.15, 0.2) is 0 Å². The van der Waals surface area contributed by atoms with Gasteiger partial charge in [0, 0.05) is 19.4 Å². The largest absolute Gasteiger partial charge is 0.372 e. The normalized spacial score (nSPS) is 9.94. The van der Waals surface area contributed by atoms with Crippen molar-refractivity contribution in [2.45, 2.75) is 6.54 Å². The van der Waals surface area contributed by atoms with Crippen molar-refractivity contribution in [1.82, 2.24) is 25.3 Å². The van der Waals surface area contributed by atoms with Crippen molar-refractivity contribution in [2.75, 3.05) is 12.4 Å². The summed E-state index contributed by atoms with van der Waals surface area (Å²) in [4.78, 5) is 26.5. The van der Waals surface area contributed by atoms with E-state index in [1.807, 2.05) is 0 Å². The maximum absolute atomic E-state index is 11.7. The Morgan fingerprint density at radius 3 is 2.82 bits per heavy atom. The number of aromatic nitrogens is 4. The van der Waals surface area contributed by atoms with E-state index in [9.17, 15) is 4.79 Å². The quantitative estimate of drug-likeness (QED) is 0.698. The summed E-state index contributed by atoms with van der Waals surface area (Å²) >= 11 is 0. The SMILES string of the molecule is CNc1cnc(C(=O)NCc2ncc[nH]2)cn1. The van der Waals surface area contributed by atoms with Gasteiger partial charge >= 0.3 is 0 Å². The van der Waals surface area contributed by atoms with Crippen LogP contribution in [0.25, 0.3) is 0 Å². The Balaban J connectivity index is 1.95. The molecule has 0 radical (unpaired) electrons. The van der Waals surface area contributed by atoms with E-state index in [4.69, 9.17) is 0 Å². The number of anilines is 1. The number of carbonyl (C=O) groups excluding carboxylic acids is 1. The van der Waals surface area contributed by atoms with E-state index >= 15 is 0 Å². The van der Waals surface area contributed by atoms with Crippen LogP contribution in [0.4, 0.5) is 5.82 Å². The van der Waals surface area contributed by atoms with Crippen molar-refractivity contribution < 1.29 is 4.79 Å². The Kier molecular flexibility index (Phi) is 3.29. The minimum absolute atomic E-state index is 0.274. The average Bonchev–Trinajstić information content (AvgIpc) is 2.89. The number of nitrogens with one attached hydrogen (secondary N) is 3.